The Labute approximate surface area is 206 Å². The van der Waals surface area contributed by atoms with Gasteiger partial charge in [-0.1, -0.05) is 78.9 Å². The van der Waals surface area contributed by atoms with Crippen LogP contribution in [0.1, 0.15) is 16.7 Å². The summed E-state index contributed by atoms with van der Waals surface area (Å²) in [6.07, 6.45) is 0.907. The first kappa shape index (κ1) is 23.0. The van der Waals surface area contributed by atoms with Crippen LogP contribution in [0.2, 0.25) is 0 Å². The van der Waals surface area contributed by atoms with E-state index in [1.807, 2.05) is 60.7 Å². The van der Waals surface area contributed by atoms with Crippen molar-refractivity contribution in [1.82, 2.24) is 4.31 Å². The van der Waals surface area contributed by atoms with Gasteiger partial charge in [-0.15, -0.1) is 0 Å². The summed E-state index contributed by atoms with van der Waals surface area (Å²) in [5.74, 6) is -0.109. The number of hydrogen-bond donors (Lipinski definition) is 1. The molecule has 1 heterocycles. The second kappa shape index (κ2) is 9.86. The van der Waals surface area contributed by atoms with Crippen molar-refractivity contribution in [2.75, 3.05) is 11.9 Å². The molecule has 5 nitrogen and oxygen atoms in total. The van der Waals surface area contributed by atoms with Crippen molar-refractivity contribution in [1.29, 1.82) is 0 Å². The lowest BCUT2D eigenvalue weighted by Crippen LogP contribution is -2.36. The van der Waals surface area contributed by atoms with Crippen LogP contribution in [0, 0.1) is 0 Å². The molecule has 176 valence electrons. The van der Waals surface area contributed by atoms with Gasteiger partial charge in [-0.2, -0.15) is 4.31 Å². The zero-order valence-corrected chi connectivity index (χ0v) is 20.0. The second-order valence-corrected chi connectivity index (χ2v) is 10.6. The first-order valence-corrected chi connectivity index (χ1v) is 13.0. The van der Waals surface area contributed by atoms with E-state index in [2.05, 4.69) is 17.4 Å². The average Bonchev–Trinajstić information content (AvgIpc) is 2.89. The fraction of sp³-hybridized carbons (Fsp3) is 0.138. The fourth-order valence-corrected chi connectivity index (χ4v) is 5.83. The van der Waals surface area contributed by atoms with Crippen molar-refractivity contribution in [3.63, 3.8) is 0 Å². The predicted octanol–water partition coefficient (Wildman–Crippen LogP) is 5.28. The Balaban J connectivity index is 1.25. The summed E-state index contributed by atoms with van der Waals surface area (Å²) in [4.78, 5) is 13.0. The maximum absolute atomic E-state index is 13.0. The molecule has 4 aromatic carbocycles. The van der Waals surface area contributed by atoms with Gasteiger partial charge in [0.15, 0.2) is 0 Å². The first-order chi connectivity index (χ1) is 17.0. The Hall–Kier alpha value is -3.74. The molecule has 0 aliphatic carbocycles. The quantitative estimate of drug-likeness (QED) is 0.407. The number of rotatable bonds is 6. The lowest BCUT2D eigenvalue weighted by atomic mass is 10.0. The largest absolute Gasteiger partial charge is 0.326 e. The van der Waals surface area contributed by atoms with Crippen LogP contribution in [0.3, 0.4) is 0 Å². The molecular weight excluding hydrogens is 456 g/mol. The number of amides is 1. The number of benzene rings is 4. The second-order valence-electron chi connectivity index (χ2n) is 8.67. The van der Waals surface area contributed by atoms with Crippen molar-refractivity contribution in [2.45, 2.75) is 24.3 Å². The van der Waals surface area contributed by atoms with Gasteiger partial charge in [-0.3, -0.25) is 4.79 Å². The van der Waals surface area contributed by atoms with Gasteiger partial charge in [0, 0.05) is 18.8 Å². The average molecular weight is 483 g/mol. The fourth-order valence-electron chi connectivity index (χ4n) is 4.39. The van der Waals surface area contributed by atoms with E-state index in [4.69, 9.17) is 0 Å². The molecule has 0 atom stereocenters. The number of nitrogens with zero attached hydrogens (tertiary/aromatic N) is 1. The summed E-state index contributed by atoms with van der Waals surface area (Å²) >= 11 is 0. The molecule has 4 aromatic rings. The lowest BCUT2D eigenvalue weighted by Gasteiger charge is -2.28. The number of nitrogens with one attached hydrogen (secondary N) is 1. The molecule has 0 saturated heterocycles. The number of carbonyl (C=O) groups excluding carboxylic acids is 1. The van der Waals surface area contributed by atoms with E-state index in [-0.39, 0.29) is 18.9 Å². The third-order valence-electron chi connectivity index (χ3n) is 6.27. The van der Waals surface area contributed by atoms with Gasteiger partial charge >= 0.3 is 0 Å². The molecule has 1 aliphatic heterocycles. The minimum Gasteiger partial charge on any atom is -0.326 e. The van der Waals surface area contributed by atoms with Crippen molar-refractivity contribution in [3.8, 4) is 11.1 Å². The smallest absolute Gasteiger partial charge is 0.243 e. The molecule has 35 heavy (non-hydrogen) atoms. The first-order valence-electron chi connectivity index (χ1n) is 11.6. The summed E-state index contributed by atoms with van der Waals surface area (Å²) in [5, 5.41) is 2.97. The standard InChI is InChI=1S/C29H26N2O3S/c32-29(19-22-11-13-24(14-12-22)23-7-3-1-4-8-23)30-27-16-15-25-17-18-31(21-26(25)20-27)35(33,34)28-9-5-2-6-10-28/h1-16,20H,17-19,21H2,(H,30,32). The highest BCUT2D eigenvalue weighted by molar-refractivity contribution is 7.89. The monoisotopic (exact) mass is 482 g/mol. The van der Waals surface area contributed by atoms with Crippen LogP contribution in [-0.4, -0.2) is 25.2 Å². The molecule has 1 amide bonds. The summed E-state index contributed by atoms with van der Waals surface area (Å²) in [7, 11) is -3.56. The number of carbonyl (C=O) groups is 1. The van der Waals surface area contributed by atoms with E-state index < -0.39 is 10.0 Å². The SMILES string of the molecule is O=C(Cc1ccc(-c2ccccc2)cc1)Nc1ccc2c(c1)CN(S(=O)(=O)c1ccccc1)CC2. The Morgan fingerprint density at radius 1 is 0.771 bits per heavy atom. The highest BCUT2D eigenvalue weighted by Gasteiger charge is 2.28. The summed E-state index contributed by atoms with van der Waals surface area (Å²) < 4.78 is 27.6. The molecule has 0 spiro atoms. The molecule has 0 fully saturated rings. The molecule has 0 radical (unpaired) electrons. The van der Waals surface area contributed by atoms with E-state index in [0.29, 0.717) is 23.5 Å². The Bertz CT molecular complexity index is 1430. The molecule has 6 heteroatoms. The van der Waals surface area contributed by atoms with Crippen molar-refractivity contribution >= 4 is 21.6 Å². The zero-order chi connectivity index (χ0) is 24.3. The zero-order valence-electron chi connectivity index (χ0n) is 19.2. The maximum Gasteiger partial charge on any atom is 0.243 e. The van der Waals surface area contributed by atoms with Gasteiger partial charge in [-0.05, 0) is 58.5 Å². The van der Waals surface area contributed by atoms with Gasteiger partial charge in [0.2, 0.25) is 15.9 Å². The molecular formula is C29H26N2O3S. The third-order valence-corrected chi connectivity index (χ3v) is 8.13. The molecule has 0 saturated carbocycles. The van der Waals surface area contributed by atoms with E-state index in [1.165, 1.54) is 4.31 Å². The summed E-state index contributed by atoms with van der Waals surface area (Å²) in [6.45, 7) is 0.728. The lowest BCUT2D eigenvalue weighted by molar-refractivity contribution is -0.115. The van der Waals surface area contributed by atoms with Gasteiger partial charge in [0.25, 0.3) is 0 Å². The molecule has 0 bridgehead atoms. The Morgan fingerprint density at radius 2 is 1.43 bits per heavy atom. The van der Waals surface area contributed by atoms with Gasteiger partial charge in [0.1, 0.15) is 0 Å². The molecule has 5 rings (SSSR count). The Morgan fingerprint density at radius 3 is 2.14 bits per heavy atom. The van der Waals surface area contributed by atoms with Crippen molar-refractivity contribution in [2.24, 2.45) is 0 Å². The Kier molecular flexibility index (Phi) is 6.49. The van der Waals surface area contributed by atoms with Crippen LogP contribution in [0.5, 0.6) is 0 Å². The van der Waals surface area contributed by atoms with Crippen LogP contribution in [0.15, 0.2) is 108 Å². The van der Waals surface area contributed by atoms with E-state index in [9.17, 15) is 13.2 Å². The maximum atomic E-state index is 13.0. The van der Waals surface area contributed by atoms with Crippen LogP contribution in [0.25, 0.3) is 11.1 Å². The normalized spacial score (nSPS) is 13.7. The van der Waals surface area contributed by atoms with Crippen LogP contribution < -0.4 is 5.32 Å². The molecule has 1 aliphatic rings. The molecule has 0 unspecified atom stereocenters. The number of sulfonamides is 1. The summed E-state index contributed by atoms with van der Waals surface area (Å²) in [6, 6.07) is 32.4. The number of anilines is 1. The summed E-state index contributed by atoms with van der Waals surface area (Å²) in [5.41, 5.74) is 5.88. The highest BCUT2D eigenvalue weighted by Crippen LogP contribution is 2.27. The van der Waals surface area contributed by atoms with Crippen molar-refractivity contribution < 1.29 is 13.2 Å². The van der Waals surface area contributed by atoms with Gasteiger partial charge in [0.05, 0.1) is 11.3 Å². The predicted molar refractivity (Wildman–Crippen MR) is 138 cm³/mol. The van der Waals surface area contributed by atoms with Crippen LogP contribution in [-0.2, 0) is 34.2 Å². The van der Waals surface area contributed by atoms with Crippen molar-refractivity contribution in [3.05, 3.63) is 120 Å². The van der Waals surface area contributed by atoms with E-state index >= 15 is 0 Å². The third kappa shape index (κ3) is 5.19. The highest BCUT2D eigenvalue weighted by atomic mass is 32.2. The number of hydrogen-bond acceptors (Lipinski definition) is 3. The topological polar surface area (TPSA) is 66.5 Å². The van der Waals surface area contributed by atoms with Crippen LogP contribution in [0.4, 0.5) is 5.69 Å². The van der Waals surface area contributed by atoms with Gasteiger partial charge < -0.3 is 5.32 Å². The molecule has 0 aromatic heterocycles. The minimum absolute atomic E-state index is 0.109. The van der Waals surface area contributed by atoms with Crippen LogP contribution >= 0.6 is 0 Å². The van der Waals surface area contributed by atoms with Gasteiger partial charge in [-0.25, -0.2) is 8.42 Å². The number of fused-ring (bicyclic) bond motifs is 1. The van der Waals surface area contributed by atoms with E-state index in [1.54, 1.807) is 30.3 Å². The minimum atomic E-state index is -3.56. The molecule has 1 N–H and O–H groups in total. The van der Waals surface area contributed by atoms with E-state index in [0.717, 1.165) is 27.8 Å².